The van der Waals surface area contributed by atoms with E-state index in [1.807, 2.05) is 11.7 Å². The van der Waals surface area contributed by atoms with Gasteiger partial charge in [0.1, 0.15) is 11.3 Å². The van der Waals surface area contributed by atoms with Crippen LogP contribution in [0.15, 0.2) is 0 Å². The summed E-state index contributed by atoms with van der Waals surface area (Å²) < 4.78 is 4.12. The van der Waals surface area contributed by atoms with Gasteiger partial charge in [0, 0.05) is 20.1 Å². The van der Waals surface area contributed by atoms with Gasteiger partial charge in [-0.2, -0.15) is 5.10 Å². The number of alkyl halides is 1. The van der Waals surface area contributed by atoms with Crippen LogP contribution in [0.25, 0.3) is 11.2 Å². The fraction of sp³-hybridized carbons (Fsp3) is 0.692. The highest BCUT2D eigenvalue weighted by molar-refractivity contribution is 6.16. The van der Waals surface area contributed by atoms with Crippen molar-refractivity contribution in [1.82, 2.24) is 24.2 Å². The number of likely N-dealkylation sites (N-methyl/N-ethyl adjacent to an activating group) is 1. The summed E-state index contributed by atoms with van der Waals surface area (Å²) in [5.41, 5.74) is 3.18. The van der Waals surface area contributed by atoms with Crippen LogP contribution in [0.1, 0.15) is 24.9 Å². The summed E-state index contributed by atoms with van der Waals surface area (Å²) in [6, 6.07) is 0. The zero-order valence-corrected chi connectivity index (χ0v) is 12.9. The number of rotatable bonds is 6. The minimum absolute atomic E-state index is 0.438. The molecule has 5 nitrogen and oxygen atoms in total. The Kier molecular flexibility index (Phi) is 4.47. The molecule has 0 fully saturated rings. The Morgan fingerprint density at radius 1 is 1.32 bits per heavy atom. The number of fused-ring (bicyclic) bond motifs is 1. The summed E-state index contributed by atoms with van der Waals surface area (Å²) in [6.07, 6.45) is 2.04. The molecule has 0 saturated carbocycles. The van der Waals surface area contributed by atoms with Crippen molar-refractivity contribution in [2.24, 2.45) is 7.05 Å². The van der Waals surface area contributed by atoms with Crippen molar-refractivity contribution in [3.63, 3.8) is 0 Å². The maximum Gasteiger partial charge on any atom is 0.158 e. The van der Waals surface area contributed by atoms with E-state index in [1.165, 1.54) is 0 Å². The number of halogens is 1. The number of aromatic nitrogens is 4. The third-order valence-corrected chi connectivity index (χ3v) is 3.49. The Bertz CT molecular complexity index is 555. The third-order valence-electron chi connectivity index (χ3n) is 3.25. The molecule has 0 atom stereocenters. The zero-order chi connectivity index (χ0) is 14.0. The average molecular weight is 284 g/mol. The molecule has 19 heavy (non-hydrogen) atoms. The summed E-state index contributed by atoms with van der Waals surface area (Å²) in [4.78, 5) is 6.84. The molecule has 0 bridgehead atoms. The summed E-state index contributed by atoms with van der Waals surface area (Å²) in [5.74, 6) is 1.37. The monoisotopic (exact) mass is 283 g/mol. The Morgan fingerprint density at radius 3 is 2.63 bits per heavy atom. The van der Waals surface area contributed by atoms with Gasteiger partial charge >= 0.3 is 0 Å². The maximum absolute atomic E-state index is 6.03. The molecule has 0 aliphatic carbocycles. The van der Waals surface area contributed by atoms with Crippen molar-refractivity contribution in [3.8, 4) is 0 Å². The van der Waals surface area contributed by atoms with Gasteiger partial charge in [-0.05, 0) is 20.5 Å². The van der Waals surface area contributed by atoms with E-state index in [4.69, 9.17) is 11.6 Å². The van der Waals surface area contributed by atoms with Gasteiger partial charge in [0.15, 0.2) is 5.65 Å². The zero-order valence-electron chi connectivity index (χ0n) is 12.1. The molecule has 2 aromatic rings. The van der Waals surface area contributed by atoms with Crippen molar-refractivity contribution < 1.29 is 0 Å². The first-order valence-electron chi connectivity index (χ1n) is 6.70. The quantitative estimate of drug-likeness (QED) is 0.762. The van der Waals surface area contributed by atoms with E-state index in [1.54, 1.807) is 0 Å². The highest BCUT2D eigenvalue weighted by atomic mass is 35.5. The van der Waals surface area contributed by atoms with Gasteiger partial charge in [-0.25, -0.2) is 4.98 Å². The standard InChI is InChI=1S/C13H22ClN5/c1-5-6-10-12-13(18(4)16-10)19(8-7-17(2)3)11(9-14)15-12/h5-9H2,1-4H3. The van der Waals surface area contributed by atoms with Gasteiger partial charge in [0.25, 0.3) is 0 Å². The fourth-order valence-electron chi connectivity index (χ4n) is 2.33. The SMILES string of the molecule is CCCc1nn(C)c2c1nc(CCl)n2CCN(C)C. The topological polar surface area (TPSA) is 38.9 Å². The van der Waals surface area contributed by atoms with Crippen LogP contribution in [0.2, 0.25) is 0 Å². The largest absolute Gasteiger partial charge is 0.311 e. The Morgan fingerprint density at radius 2 is 2.05 bits per heavy atom. The summed E-state index contributed by atoms with van der Waals surface area (Å²) in [5, 5.41) is 4.58. The van der Waals surface area contributed by atoms with Gasteiger partial charge in [-0.3, -0.25) is 4.68 Å². The second-order valence-corrected chi connectivity index (χ2v) is 5.38. The number of nitrogens with zero attached hydrogens (tertiary/aromatic N) is 5. The van der Waals surface area contributed by atoms with Crippen molar-refractivity contribution in [1.29, 1.82) is 0 Å². The second-order valence-electron chi connectivity index (χ2n) is 5.11. The van der Waals surface area contributed by atoms with E-state index in [0.29, 0.717) is 5.88 Å². The molecule has 0 unspecified atom stereocenters. The van der Waals surface area contributed by atoms with E-state index in [-0.39, 0.29) is 0 Å². The lowest BCUT2D eigenvalue weighted by Gasteiger charge is -2.12. The minimum Gasteiger partial charge on any atom is -0.311 e. The van der Waals surface area contributed by atoms with Gasteiger partial charge in [0.2, 0.25) is 0 Å². The Hall–Kier alpha value is -1.07. The molecular weight excluding hydrogens is 262 g/mol. The first kappa shape index (κ1) is 14.3. The van der Waals surface area contributed by atoms with Gasteiger partial charge in [-0.15, -0.1) is 11.6 Å². The molecule has 0 radical (unpaired) electrons. The lowest BCUT2D eigenvalue weighted by atomic mass is 10.2. The molecular formula is C13H22ClN5. The molecule has 0 aromatic carbocycles. The highest BCUT2D eigenvalue weighted by Crippen LogP contribution is 2.21. The smallest absolute Gasteiger partial charge is 0.158 e. The molecule has 0 aliphatic rings. The molecule has 0 saturated heterocycles. The van der Waals surface area contributed by atoms with Crippen LogP contribution in [0.4, 0.5) is 0 Å². The molecule has 0 N–H and O–H groups in total. The minimum atomic E-state index is 0.438. The van der Waals surface area contributed by atoms with Crippen molar-refractivity contribution in [2.75, 3.05) is 20.6 Å². The lowest BCUT2D eigenvalue weighted by molar-refractivity contribution is 0.383. The number of hydrogen-bond donors (Lipinski definition) is 0. The average Bonchev–Trinajstić information content (AvgIpc) is 2.86. The summed E-state index contributed by atoms with van der Waals surface area (Å²) >= 11 is 6.03. The van der Waals surface area contributed by atoms with Gasteiger partial charge < -0.3 is 9.47 Å². The van der Waals surface area contributed by atoms with Gasteiger partial charge in [0.05, 0.1) is 11.6 Å². The molecule has 2 aromatic heterocycles. The van der Waals surface area contributed by atoms with Crippen LogP contribution >= 0.6 is 11.6 Å². The number of hydrogen-bond acceptors (Lipinski definition) is 3. The number of imidazole rings is 1. The van der Waals surface area contributed by atoms with Crippen LogP contribution in [0.5, 0.6) is 0 Å². The van der Waals surface area contributed by atoms with Crippen LogP contribution in [-0.2, 0) is 25.9 Å². The molecule has 0 aliphatic heterocycles. The molecule has 106 valence electrons. The first-order chi connectivity index (χ1) is 9.08. The predicted octanol–water partition coefficient (Wildman–Crippen LogP) is 2.02. The molecule has 6 heteroatoms. The van der Waals surface area contributed by atoms with Crippen LogP contribution in [0, 0.1) is 0 Å². The second kappa shape index (κ2) is 5.92. The Labute approximate surface area is 119 Å². The normalized spacial score (nSPS) is 11.9. The van der Waals surface area contributed by atoms with Crippen molar-refractivity contribution in [2.45, 2.75) is 32.2 Å². The summed E-state index contributed by atoms with van der Waals surface area (Å²) in [7, 11) is 6.12. The van der Waals surface area contributed by atoms with E-state index < -0.39 is 0 Å². The number of aryl methyl sites for hydroxylation is 2. The highest BCUT2D eigenvalue weighted by Gasteiger charge is 2.18. The third kappa shape index (κ3) is 2.77. The lowest BCUT2D eigenvalue weighted by Crippen LogP contribution is -2.20. The first-order valence-corrected chi connectivity index (χ1v) is 7.23. The van der Waals surface area contributed by atoms with Crippen molar-refractivity contribution >= 4 is 22.8 Å². The summed E-state index contributed by atoms with van der Waals surface area (Å²) in [6.45, 7) is 4.01. The van der Waals surface area contributed by atoms with Crippen LogP contribution in [-0.4, -0.2) is 44.9 Å². The molecule has 0 amide bonds. The van der Waals surface area contributed by atoms with E-state index in [2.05, 4.69) is 40.6 Å². The van der Waals surface area contributed by atoms with Crippen molar-refractivity contribution in [3.05, 3.63) is 11.5 Å². The van der Waals surface area contributed by atoms with Gasteiger partial charge in [-0.1, -0.05) is 13.3 Å². The molecule has 2 heterocycles. The van der Waals surface area contributed by atoms with Crippen LogP contribution < -0.4 is 0 Å². The predicted molar refractivity (Wildman–Crippen MR) is 78.6 cm³/mol. The van der Waals surface area contributed by atoms with E-state index in [0.717, 1.165) is 48.6 Å². The Balaban J connectivity index is 2.47. The van der Waals surface area contributed by atoms with Crippen LogP contribution in [0.3, 0.4) is 0 Å². The molecule has 2 rings (SSSR count). The maximum atomic E-state index is 6.03. The van der Waals surface area contributed by atoms with E-state index in [9.17, 15) is 0 Å². The molecule has 0 spiro atoms. The fourth-order valence-corrected chi connectivity index (χ4v) is 2.53. The van der Waals surface area contributed by atoms with E-state index >= 15 is 0 Å².